The molecule has 0 N–H and O–H groups in total. The summed E-state index contributed by atoms with van der Waals surface area (Å²) in [7, 11) is -1.78. The lowest BCUT2D eigenvalue weighted by atomic mass is 10.2. The van der Waals surface area contributed by atoms with Crippen LogP contribution in [0, 0.1) is 0 Å². The van der Waals surface area contributed by atoms with Gasteiger partial charge < -0.3 is 0 Å². The molecule has 1 aromatic heterocycles. The van der Waals surface area contributed by atoms with Gasteiger partial charge in [0, 0.05) is 22.9 Å². The van der Waals surface area contributed by atoms with Gasteiger partial charge >= 0.3 is 0 Å². The number of benzene rings is 1. The molecule has 0 spiro atoms. The summed E-state index contributed by atoms with van der Waals surface area (Å²) in [6.07, 6.45) is 0.858. The van der Waals surface area contributed by atoms with E-state index in [1.54, 1.807) is 13.1 Å². The minimum absolute atomic E-state index is 0.370. The second kappa shape index (κ2) is 6.39. The van der Waals surface area contributed by atoms with Crippen LogP contribution in [0.5, 0.6) is 0 Å². The number of nitrogens with zero attached hydrogens (tertiary/aromatic N) is 1. The molecule has 0 saturated carbocycles. The van der Waals surface area contributed by atoms with E-state index in [0.29, 0.717) is 10.8 Å². The Morgan fingerprint density at radius 3 is 2.35 bits per heavy atom. The molecule has 0 fully saturated rings. The maximum absolute atomic E-state index is 12.5. The predicted molar refractivity (Wildman–Crippen MR) is 86.5 cm³/mol. The van der Waals surface area contributed by atoms with Crippen molar-refractivity contribution < 1.29 is 8.42 Å². The Hall–Kier alpha value is -0.690. The molecule has 20 heavy (non-hydrogen) atoms. The van der Waals surface area contributed by atoms with Crippen molar-refractivity contribution in [3.63, 3.8) is 0 Å². The molecule has 0 bridgehead atoms. The Labute approximate surface area is 132 Å². The molecule has 2 rings (SSSR count). The average Bonchev–Trinajstić information content (AvgIpc) is 2.90. The van der Waals surface area contributed by atoms with Gasteiger partial charge in [-0.15, -0.1) is 11.3 Å². The zero-order valence-electron chi connectivity index (χ0n) is 11.3. The molecular formula is C14H16BrNO2S2. The van der Waals surface area contributed by atoms with Crippen molar-refractivity contribution >= 4 is 37.3 Å². The van der Waals surface area contributed by atoms with Gasteiger partial charge in [0.2, 0.25) is 0 Å². The van der Waals surface area contributed by atoms with E-state index >= 15 is 0 Å². The summed E-state index contributed by atoms with van der Waals surface area (Å²) in [6.45, 7) is 2.39. The van der Waals surface area contributed by atoms with Crippen LogP contribution < -0.4 is 0 Å². The Morgan fingerprint density at radius 1 is 1.15 bits per heavy atom. The van der Waals surface area contributed by atoms with Gasteiger partial charge in [-0.2, -0.15) is 4.31 Å². The van der Waals surface area contributed by atoms with Gasteiger partial charge in [-0.3, -0.25) is 0 Å². The third-order valence-electron chi connectivity index (χ3n) is 2.97. The molecule has 0 saturated heterocycles. The van der Waals surface area contributed by atoms with Gasteiger partial charge in [0.25, 0.3) is 10.0 Å². The SMILES string of the molecule is CCc1ccc(S(=O)(=O)N(C)Cc2ccc(Br)cc2)s1. The van der Waals surface area contributed by atoms with Gasteiger partial charge in [-0.25, -0.2) is 8.42 Å². The third kappa shape index (κ3) is 3.49. The maximum atomic E-state index is 12.5. The molecule has 0 aliphatic heterocycles. The van der Waals surface area contributed by atoms with Crippen molar-refractivity contribution in [1.82, 2.24) is 4.31 Å². The van der Waals surface area contributed by atoms with Crippen molar-refractivity contribution in [2.75, 3.05) is 7.05 Å². The average molecular weight is 374 g/mol. The quantitative estimate of drug-likeness (QED) is 0.796. The second-order valence-electron chi connectivity index (χ2n) is 4.46. The van der Waals surface area contributed by atoms with E-state index in [0.717, 1.165) is 21.3 Å². The number of rotatable bonds is 5. The fraction of sp³-hybridized carbons (Fsp3) is 0.286. The number of hydrogen-bond acceptors (Lipinski definition) is 3. The normalized spacial score (nSPS) is 12.0. The summed E-state index contributed by atoms with van der Waals surface area (Å²) in [5.74, 6) is 0. The molecule has 2 aromatic rings. The Bertz CT molecular complexity index is 677. The zero-order chi connectivity index (χ0) is 14.8. The van der Waals surface area contributed by atoms with Gasteiger partial charge in [0.05, 0.1) is 0 Å². The largest absolute Gasteiger partial charge is 0.252 e. The molecule has 0 unspecified atom stereocenters. The standard InChI is InChI=1S/C14H16BrNO2S2/c1-3-13-8-9-14(19-13)20(17,18)16(2)10-11-4-6-12(15)7-5-11/h4-9H,3,10H2,1-2H3. The van der Waals surface area contributed by atoms with Gasteiger partial charge in [0.1, 0.15) is 4.21 Å². The topological polar surface area (TPSA) is 37.4 Å². The summed E-state index contributed by atoms with van der Waals surface area (Å²) >= 11 is 4.71. The van der Waals surface area contributed by atoms with Crippen LogP contribution in [0.25, 0.3) is 0 Å². The summed E-state index contributed by atoms with van der Waals surface area (Å²) in [6, 6.07) is 11.2. The predicted octanol–water partition coefficient (Wildman–Crippen LogP) is 3.89. The molecule has 0 radical (unpaired) electrons. The fourth-order valence-corrected chi connectivity index (χ4v) is 4.70. The number of aryl methyl sites for hydroxylation is 1. The van der Waals surface area contributed by atoms with E-state index in [1.165, 1.54) is 15.6 Å². The minimum Gasteiger partial charge on any atom is -0.206 e. The highest BCUT2D eigenvalue weighted by Gasteiger charge is 2.22. The van der Waals surface area contributed by atoms with E-state index in [2.05, 4.69) is 15.9 Å². The summed E-state index contributed by atoms with van der Waals surface area (Å²) in [5.41, 5.74) is 0.964. The van der Waals surface area contributed by atoms with Crippen LogP contribution in [0.1, 0.15) is 17.4 Å². The van der Waals surface area contributed by atoms with Crippen molar-refractivity contribution in [3.05, 3.63) is 51.3 Å². The Kier molecular flexibility index (Phi) is 5.01. The first kappa shape index (κ1) is 15.7. The summed E-state index contributed by atoms with van der Waals surface area (Å²) in [5, 5.41) is 0. The van der Waals surface area contributed by atoms with Crippen LogP contribution in [0.3, 0.4) is 0 Å². The third-order valence-corrected chi connectivity index (χ3v) is 7.00. The highest BCUT2D eigenvalue weighted by atomic mass is 79.9. The van der Waals surface area contributed by atoms with Crippen LogP contribution in [0.2, 0.25) is 0 Å². The van der Waals surface area contributed by atoms with E-state index in [-0.39, 0.29) is 0 Å². The van der Waals surface area contributed by atoms with Gasteiger partial charge in [-0.1, -0.05) is 35.0 Å². The smallest absolute Gasteiger partial charge is 0.206 e. The molecule has 0 aliphatic carbocycles. The van der Waals surface area contributed by atoms with E-state index in [9.17, 15) is 8.42 Å². The highest BCUT2D eigenvalue weighted by molar-refractivity contribution is 9.10. The first-order valence-electron chi connectivity index (χ1n) is 6.23. The van der Waals surface area contributed by atoms with Crippen LogP contribution in [0.15, 0.2) is 45.1 Å². The fourth-order valence-electron chi connectivity index (χ4n) is 1.77. The molecular weight excluding hydrogens is 358 g/mol. The first-order valence-corrected chi connectivity index (χ1v) is 9.28. The zero-order valence-corrected chi connectivity index (χ0v) is 14.6. The molecule has 0 aliphatic rings. The van der Waals surface area contributed by atoms with Crippen LogP contribution in [-0.4, -0.2) is 19.8 Å². The molecule has 0 atom stereocenters. The molecule has 0 amide bonds. The molecule has 1 heterocycles. The summed E-state index contributed by atoms with van der Waals surface area (Å²) < 4.78 is 27.7. The lowest BCUT2D eigenvalue weighted by Crippen LogP contribution is -2.25. The number of thiophene rings is 1. The first-order chi connectivity index (χ1) is 9.43. The lowest BCUT2D eigenvalue weighted by molar-refractivity contribution is 0.468. The van der Waals surface area contributed by atoms with E-state index < -0.39 is 10.0 Å². The molecule has 108 valence electrons. The van der Waals surface area contributed by atoms with Crippen molar-refractivity contribution in [2.45, 2.75) is 24.1 Å². The van der Waals surface area contributed by atoms with Crippen molar-refractivity contribution in [1.29, 1.82) is 0 Å². The maximum Gasteiger partial charge on any atom is 0.252 e. The second-order valence-corrected chi connectivity index (χ2v) is 8.82. The molecule has 3 nitrogen and oxygen atoms in total. The van der Waals surface area contributed by atoms with Crippen LogP contribution in [-0.2, 0) is 23.0 Å². The molecule has 6 heteroatoms. The van der Waals surface area contributed by atoms with E-state index in [4.69, 9.17) is 0 Å². The number of halogens is 1. The van der Waals surface area contributed by atoms with Crippen LogP contribution >= 0.6 is 27.3 Å². The van der Waals surface area contributed by atoms with Gasteiger partial charge in [-0.05, 0) is 36.2 Å². The van der Waals surface area contributed by atoms with Crippen LogP contribution in [0.4, 0.5) is 0 Å². The highest BCUT2D eigenvalue weighted by Crippen LogP contribution is 2.25. The monoisotopic (exact) mass is 373 g/mol. The Morgan fingerprint density at radius 2 is 1.80 bits per heavy atom. The molecule has 1 aromatic carbocycles. The van der Waals surface area contributed by atoms with Gasteiger partial charge in [0.15, 0.2) is 0 Å². The lowest BCUT2D eigenvalue weighted by Gasteiger charge is -2.16. The number of hydrogen-bond donors (Lipinski definition) is 0. The van der Waals surface area contributed by atoms with E-state index in [1.807, 2.05) is 37.3 Å². The Balaban J connectivity index is 2.18. The number of sulfonamides is 1. The minimum atomic E-state index is -3.40. The van der Waals surface area contributed by atoms with Crippen molar-refractivity contribution in [3.8, 4) is 0 Å². The summed E-state index contributed by atoms with van der Waals surface area (Å²) in [4.78, 5) is 1.08. The van der Waals surface area contributed by atoms with Crippen molar-refractivity contribution in [2.24, 2.45) is 0 Å².